The Kier molecular flexibility index (Phi) is 7.70. The fraction of sp³-hybridized carbons (Fsp3) is 0.318. The summed E-state index contributed by atoms with van der Waals surface area (Å²) in [5.41, 5.74) is 3.34. The van der Waals surface area contributed by atoms with Crippen molar-refractivity contribution in [1.82, 2.24) is 10.2 Å². The average Bonchev–Trinajstić information content (AvgIpc) is 3.14. The van der Waals surface area contributed by atoms with Crippen molar-refractivity contribution in [2.24, 2.45) is 5.92 Å². The molecule has 0 spiro atoms. The molecule has 152 valence electrons. The summed E-state index contributed by atoms with van der Waals surface area (Å²) in [6.07, 6.45) is 1.04. The highest BCUT2D eigenvalue weighted by Crippen LogP contribution is 2.31. The Balaban J connectivity index is 1.56. The SMILES string of the molecule is CC(C)Cc1ccc(C(C)C(=O)Nc2nnc(SCc3ccccc3Cl)s2)cc1. The Hall–Kier alpha value is -1.89. The van der Waals surface area contributed by atoms with E-state index in [-0.39, 0.29) is 11.8 Å². The van der Waals surface area contributed by atoms with Crippen LogP contribution in [0.15, 0.2) is 52.9 Å². The minimum absolute atomic E-state index is 0.0830. The highest BCUT2D eigenvalue weighted by atomic mass is 35.5. The molecule has 3 rings (SSSR count). The molecular weight excluding hydrogens is 422 g/mol. The van der Waals surface area contributed by atoms with Crippen LogP contribution in [-0.4, -0.2) is 16.1 Å². The van der Waals surface area contributed by atoms with Gasteiger partial charge in [0, 0.05) is 10.8 Å². The number of benzene rings is 2. The van der Waals surface area contributed by atoms with Crippen LogP contribution in [0.4, 0.5) is 5.13 Å². The van der Waals surface area contributed by atoms with Crippen molar-refractivity contribution >= 4 is 45.7 Å². The maximum absolute atomic E-state index is 12.6. The molecule has 0 aliphatic carbocycles. The summed E-state index contributed by atoms with van der Waals surface area (Å²) in [5.74, 6) is 0.983. The molecule has 2 aromatic carbocycles. The molecule has 1 N–H and O–H groups in total. The quantitative estimate of drug-likeness (QED) is 0.321. The lowest BCUT2D eigenvalue weighted by molar-refractivity contribution is -0.117. The predicted octanol–water partition coefficient (Wildman–Crippen LogP) is 6.42. The van der Waals surface area contributed by atoms with E-state index >= 15 is 0 Å². The van der Waals surface area contributed by atoms with Gasteiger partial charge in [-0.3, -0.25) is 10.1 Å². The van der Waals surface area contributed by atoms with Gasteiger partial charge in [0.1, 0.15) is 0 Å². The van der Waals surface area contributed by atoms with Crippen LogP contribution >= 0.6 is 34.7 Å². The second-order valence-electron chi connectivity index (χ2n) is 7.30. The molecule has 1 atom stereocenters. The van der Waals surface area contributed by atoms with Gasteiger partial charge in [-0.25, -0.2) is 0 Å². The topological polar surface area (TPSA) is 54.9 Å². The number of aromatic nitrogens is 2. The summed E-state index contributed by atoms with van der Waals surface area (Å²) in [7, 11) is 0. The van der Waals surface area contributed by atoms with E-state index in [1.165, 1.54) is 16.9 Å². The molecule has 1 amide bonds. The van der Waals surface area contributed by atoms with Crippen LogP contribution in [0.25, 0.3) is 0 Å². The van der Waals surface area contributed by atoms with Crippen molar-refractivity contribution in [2.75, 3.05) is 5.32 Å². The van der Waals surface area contributed by atoms with Gasteiger partial charge in [-0.1, -0.05) is 91.0 Å². The molecule has 0 aliphatic rings. The number of hydrogen-bond donors (Lipinski definition) is 1. The Morgan fingerprint density at radius 3 is 2.52 bits per heavy atom. The number of amides is 1. The zero-order chi connectivity index (χ0) is 20.8. The standard InChI is InChI=1S/C22H24ClN3OS2/c1-14(2)12-16-8-10-17(11-9-16)15(3)20(27)24-21-25-26-22(29-21)28-13-18-6-4-5-7-19(18)23/h4-11,14-15H,12-13H2,1-3H3,(H,24,25,27). The average molecular weight is 446 g/mol. The van der Waals surface area contributed by atoms with Gasteiger partial charge in [-0.2, -0.15) is 0 Å². The summed E-state index contributed by atoms with van der Waals surface area (Å²) >= 11 is 9.12. The monoisotopic (exact) mass is 445 g/mol. The van der Waals surface area contributed by atoms with Crippen LogP contribution < -0.4 is 5.32 Å². The lowest BCUT2D eigenvalue weighted by Gasteiger charge is -2.12. The molecule has 1 unspecified atom stereocenters. The normalized spacial score (nSPS) is 12.2. The van der Waals surface area contributed by atoms with Gasteiger partial charge in [0.15, 0.2) is 4.34 Å². The lowest BCUT2D eigenvalue weighted by Crippen LogP contribution is -2.18. The molecule has 1 heterocycles. The van der Waals surface area contributed by atoms with Crippen molar-refractivity contribution in [3.63, 3.8) is 0 Å². The summed E-state index contributed by atoms with van der Waals surface area (Å²) in [6.45, 7) is 6.31. The van der Waals surface area contributed by atoms with Crippen LogP contribution in [0.3, 0.4) is 0 Å². The Labute approximate surface area is 185 Å². The molecule has 0 aliphatic heterocycles. The summed E-state index contributed by atoms with van der Waals surface area (Å²) in [4.78, 5) is 12.6. The minimum Gasteiger partial charge on any atom is -0.300 e. The van der Waals surface area contributed by atoms with E-state index in [2.05, 4.69) is 41.5 Å². The van der Waals surface area contributed by atoms with Crippen LogP contribution in [0.5, 0.6) is 0 Å². The van der Waals surface area contributed by atoms with E-state index < -0.39 is 0 Å². The number of nitrogens with zero attached hydrogens (tertiary/aromatic N) is 2. The largest absolute Gasteiger partial charge is 0.300 e. The molecule has 3 aromatic rings. The van der Waals surface area contributed by atoms with Crippen LogP contribution in [-0.2, 0) is 17.0 Å². The number of carbonyl (C=O) groups is 1. The highest BCUT2D eigenvalue weighted by molar-refractivity contribution is 8.00. The number of thioether (sulfide) groups is 1. The number of rotatable bonds is 8. The number of anilines is 1. The van der Waals surface area contributed by atoms with Crippen LogP contribution in [0.2, 0.25) is 5.02 Å². The third-order valence-corrected chi connectivity index (χ3v) is 6.85. The first-order valence-corrected chi connectivity index (χ1v) is 11.7. The van der Waals surface area contributed by atoms with Gasteiger partial charge in [0.2, 0.25) is 11.0 Å². The Morgan fingerprint density at radius 2 is 1.83 bits per heavy atom. The van der Waals surface area contributed by atoms with Crippen LogP contribution in [0.1, 0.15) is 43.4 Å². The molecule has 7 heteroatoms. The zero-order valence-corrected chi connectivity index (χ0v) is 19.1. The molecule has 0 saturated carbocycles. The molecule has 29 heavy (non-hydrogen) atoms. The first-order valence-electron chi connectivity index (χ1n) is 9.51. The van der Waals surface area contributed by atoms with Crippen molar-refractivity contribution in [3.05, 3.63) is 70.2 Å². The van der Waals surface area contributed by atoms with Crippen LogP contribution in [0, 0.1) is 5.92 Å². The fourth-order valence-corrected chi connectivity index (χ4v) is 4.89. The lowest BCUT2D eigenvalue weighted by atomic mass is 9.96. The van der Waals surface area contributed by atoms with Gasteiger partial charge in [-0.05, 0) is 42.0 Å². The van der Waals surface area contributed by atoms with Gasteiger partial charge in [0.05, 0.1) is 5.92 Å². The van der Waals surface area contributed by atoms with Crippen molar-refractivity contribution < 1.29 is 4.79 Å². The minimum atomic E-state index is -0.258. The first kappa shape index (κ1) is 21.8. The number of nitrogens with one attached hydrogen (secondary N) is 1. The summed E-state index contributed by atoms with van der Waals surface area (Å²) in [6, 6.07) is 16.0. The number of halogens is 1. The second kappa shape index (κ2) is 10.2. The second-order valence-corrected chi connectivity index (χ2v) is 9.91. The highest BCUT2D eigenvalue weighted by Gasteiger charge is 2.17. The van der Waals surface area contributed by atoms with E-state index in [0.717, 1.165) is 26.9 Å². The van der Waals surface area contributed by atoms with Gasteiger partial charge < -0.3 is 0 Å². The molecular formula is C22H24ClN3OS2. The first-order chi connectivity index (χ1) is 13.9. The van der Waals surface area contributed by atoms with E-state index in [4.69, 9.17) is 11.6 Å². The molecule has 0 radical (unpaired) electrons. The number of hydrogen-bond acceptors (Lipinski definition) is 5. The Bertz CT molecular complexity index is 957. The van der Waals surface area contributed by atoms with Gasteiger partial charge in [0.25, 0.3) is 0 Å². The maximum Gasteiger partial charge on any atom is 0.233 e. The summed E-state index contributed by atoms with van der Waals surface area (Å²) in [5, 5.41) is 12.4. The Morgan fingerprint density at radius 1 is 1.10 bits per heavy atom. The molecule has 0 bridgehead atoms. The van der Waals surface area contributed by atoms with Crippen molar-refractivity contribution in [1.29, 1.82) is 0 Å². The fourth-order valence-electron chi connectivity index (χ4n) is 2.85. The summed E-state index contributed by atoms with van der Waals surface area (Å²) < 4.78 is 0.797. The van der Waals surface area contributed by atoms with Gasteiger partial charge in [-0.15, -0.1) is 10.2 Å². The molecule has 1 aromatic heterocycles. The van der Waals surface area contributed by atoms with E-state index in [0.29, 0.717) is 16.8 Å². The third-order valence-electron chi connectivity index (χ3n) is 4.46. The smallest absolute Gasteiger partial charge is 0.233 e. The van der Waals surface area contributed by atoms with Gasteiger partial charge >= 0.3 is 0 Å². The molecule has 0 fully saturated rings. The third kappa shape index (κ3) is 6.29. The molecule has 4 nitrogen and oxygen atoms in total. The van der Waals surface area contributed by atoms with E-state index in [1.54, 1.807) is 11.8 Å². The zero-order valence-electron chi connectivity index (χ0n) is 16.7. The number of carbonyl (C=O) groups excluding carboxylic acids is 1. The van der Waals surface area contributed by atoms with Crippen molar-refractivity contribution in [3.8, 4) is 0 Å². The molecule has 0 saturated heterocycles. The van der Waals surface area contributed by atoms with E-state index in [1.807, 2.05) is 43.3 Å². The predicted molar refractivity (Wildman–Crippen MR) is 123 cm³/mol. The maximum atomic E-state index is 12.6. The van der Waals surface area contributed by atoms with E-state index in [9.17, 15) is 4.79 Å². The van der Waals surface area contributed by atoms with Crippen molar-refractivity contribution in [2.45, 2.75) is 43.2 Å².